The van der Waals surface area contributed by atoms with Gasteiger partial charge in [0.1, 0.15) is 17.1 Å². The van der Waals surface area contributed by atoms with E-state index in [0.717, 1.165) is 18.9 Å². The van der Waals surface area contributed by atoms with Gasteiger partial charge in [0, 0.05) is 6.54 Å². The fraction of sp³-hybridized carbons (Fsp3) is 0.462. The van der Waals surface area contributed by atoms with Crippen molar-refractivity contribution < 1.29 is 19.4 Å². The maximum Gasteiger partial charge on any atom is 0.258 e. The molecule has 0 saturated heterocycles. The molecule has 3 N–H and O–H groups in total. The summed E-state index contributed by atoms with van der Waals surface area (Å²) in [6, 6.07) is 3.69. The van der Waals surface area contributed by atoms with Crippen LogP contribution in [0.15, 0.2) is 18.2 Å². The number of halogens is 1. The van der Waals surface area contributed by atoms with Gasteiger partial charge in [0.15, 0.2) is 0 Å². The highest BCUT2D eigenvalue weighted by atomic mass is 19.1. The summed E-state index contributed by atoms with van der Waals surface area (Å²) in [6.07, 6.45) is 3.13. The van der Waals surface area contributed by atoms with Crippen molar-refractivity contribution in [1.82, 2.24) is 5.32 Å². The summed E-state index contributed by atoms with van der Waals surface area (Å²) in [4.78, 5) is 11.8. The molecule has 2 rings (SSSR count). The Kier molecular flexibility index (Phi) is 3.52. The number of hydrogen-bond acceptors (Lipinski definition) is 3. The van der Waals surface area contributed by atoms with E-state index in [-0.39, 0.29) is 12.1 Å². The molecule has 1 aromatic carbocycles. The van der Waals surface area contributed by atoms with Gasteiger partial charge in [-0.25, -0.2) is 4.39 Å². The Bertz CT molecular complexity index is 435. The maximum absolute atomic E-state index is 13.4. The smallest absolute Gasteiger partial charge is 0.258 e. The second-order valence-corrected chi connectivity index (χ2v) is 4.75. The molecule has 0 aliphatic heterocycles. The lowest BCUT2D eigenvalue weighted by molar-refractivity contribution is 0.0448. The number of carbonyl (C=O) groups excluding carboxylic acids is 1. The van der Waals surface area contributed by atoms with Crippen LogP contribution in [0.5, 0.6) is 5.75 Å². The van der Waals surface area contributed by atoms with Gasteiger partial charge in [-0.3, -0.25) is 4.79 Å². The number of aliphatic hydroxyl groups is 1. The zero-order valence-electron chi connectivity index (χ0n) is 9.95. The van der Waals surface area contributed by atoms with Gasteiger partial charge in [-0.15, -0.1) is 0 Å². The predicted octanol–water partition coefficient (Wildman–Crippen LogP) is 1.57. The van der Waals surface area contributed by atoms with Crippen LogP contribution < -0.4 is 5.32 Å². The monoisotopic (exact) mass is 253 g/mol. The Morgan fingerprint density at radius 3 is 2.67 bits per heavy atom. The van der Waals surface area contributed by atoms with Crippen molar-refractivity contribution in [3.63, 3.8) is 0 Å². The molecule has 0 atom stereocenters. The van der Waals surface area contributed by atoms with Crippen molar-refractivity contribution in [2.24, 2.45) is 0 Å². The van der Waals surface area contributed by atoms with Crippen LogP contribution >= 0.6 is 0 Å². The topological polar surface area (TPSA) is 69.6 Å². The first kappa shape index (κ1) is 12.8. The van der Waals surface area contributed by atoms with Crippen molar-refractivity contribution in [3.05, 3.63) is 29.6 Å². The zero-order valence-corrected chi connectivity index (χ0v) is 9.95. The zero-order chi connectivity index (χ0) is 13.2. The van der Waals surface area contributed by atoms with Crippen LogP contribution in [0.4, 0.5) is 4.39 Å². The molecule has 0 heterocycles. The molecule has 0 unspecified atom stereocenters. The van der Waals surface area contributed by atoms with Crippen LogP contribution in [0.3, 0.4) is 0 Å². The number of benzene rings is 1. The molecule has 5 heteroatoms. The third-order valence-electron chi connectivity index (χ3n) is 3.33. The molecule has 0 radical (unpaired) electrons. The first-order valence-corrected chi connectivity index (χ1v) is 6.00. The average Bonchev–Trinajstić information content (AvgIpc) is 2.74. The van der Waals surface area contributed by atoms with Crippen LogP contribution in [0.1, 0.15) is 36.0 Å². The van der Waals surface area contributed by atoms with Crippen molar-refractivity contribution in [1.29, 1.82) is 0 Å². The highest BCUT2D eigenvalue weighted by molar-refractivity contribution is 5.97. The van der Waals surface area contributed by atoms with E-state index in [9.17, 15) is 19.4 Å². The predicted molar refractivity (Wildman–Crippen MR) is 63.8 cm³/mol. The SMILES string of the molecule is O=C(NCC1(O)CCCC1)c1c(O)cccc1F. The summed E-state index contributed by atoms with van der Waals surface area (Å²) >= 11 is 0. The third-order valence-corrected chi connectivity index (χ3v) is 3.33. The van der Waals surface area contributed by atoms with Gasteiger partial charge >= 0.3 is 0 Å². The minimum atomic E-state index is -0.892. The summed E-state index contributed by atoms with van der Waals surface area (Å²) in [6.45, 7) is 0.0829. The molecule has 0 bridgehead atoms. The second kappa shape index (κ2) is 4.94. The summed E-state index contributed by atoms with van der Waals surface area (Å²) in [5, 5.41) is 22.0. The van der Waals surface area contributed by atoms with E-state index in [1.807, 2.05) is 0 Å². The molecule has 98 valence electrons. The third kappa shape index (κ3) is 2.61. The molecule has 1 fully saturated rings. The van der Waals surface area contributed by atoms with E-state index in [4.69, 9.17) is 0 Å². The van der Waals surface area contributed by atoms with Gasteiger partial charge in [0.05, 0.1) is 5.60 Å². The van der Waals surface area contributed by atoms with Gasteiger partial charge in [0.25, 0.3) is 5.91 Å². The number of nitrogens with one attached hydrogen (secondary N) is 1. The molecule has 4 nitrogen and oxygen atoms in total. The van der Waals surface area contributed by atoms with E-state index in [0.29, 0.717) is 12.8 Å². The van der Waals surface area contributed by atoms with Gasteiger partial charge < -0.3 is 15.5 Å². The molecule has 1 amide bonds. The van der Waals surface area contributed by atoms with E-state index in [2.05, 4.69) is 5.32 Å². The largest absolute Gasteiger partial charge is 0.507 e. The number of phenols is 1. The van der Waals surface area contributed by atoms with Gasteiger partial charge in [-0.1, -0.05) is 18.9 Å². The molecular weight excluding hydrogens is 237 g/mol. The van der Waals surface area contributed by atoms with E-state index in [1.54, 1.807) is 0 Å². The number of hydrogen-bond donors (Lipinski definition) is 3. The van der Waals surface area contributed by atoms with Crippen LogP contribution in [-0.2, 0) is 0 Å². The molecule has 1 saturated carbocycles. The lowest BCUT2D eigenvalue weighted by Gasteiger charge is -2.22. The van der Waals surface area contributed by atoms with Crippen molar-refractivity contribution in [3.8, 4) is 5.75 Å². The molecule has 1 aliphatic carbocycles. The quantitative estimate of drug-likeness (QED) is 0.765. The summed E-state index contributed by atoms with van der Waals surface area (Å²) in [7, 11) is 0. The first-order valence-electron chi connectivity index (χ1n) is 6.00. The molecule has 1 aliphatic rings. The first-order chi connectivity index (χ1) is 8.52. The lowest BCUT2D eigenvalue weighted by Crippen LogP contribution is -2.41. The van der Waals surface area contributed by atoms with E-state index < -0.39 is 23.1 Å². The average molecular weight is 253 g/mol. The van der Waals surface area contributed by atoms with Crippen molar-refractivity contribution >= 4 is 5.91 Å². The highest BCUT2D eigenvalue weighted by Gasteiger charge is 2.31. The minimum Gasteiger partial charge on any atom is -0.507 e. The van der Waals surface area contributed by atoms with Gasteiger partial charge in [0.2, 0.25) is 0 Å². The lowest BCUT2D eigenvalue weighted by atomic mass is 10.0. The number of carbonyl (C=O) groups is 1. The summed E-state index contributed by atoms with van der Waals surface area (Å²) in [5.74, 6) is -1.87. The Labute approximate surface area is 104 Å². The van der Waals surface area contributed by atoms with E-state index in [1.165, 1.54) is 12.1 Å². The number of aromatic hydroxyl groups is 1. The Hall–Kier alpha value is -1.62. The number of amides is 1. The minimum absolute atomic E-state index is 0.0829. The van der Waals surface area contributed by atoms with Crippen molar-refractivity contribution in [2.75, 3.05) is 6.54 Å². The molecule has 18 heavy (non-hydrogen) atoms. The normalized spacial score (nSPS) is 17.7. The molecule has 1 aromatic rings. The Morgan fingerprint density at radius 2 is 2.06 bits per heavy atom. The fourth-order valence-electron chi connectivity index (χ4n) is 2.28. The van der Waals surface area contributed by atoms with Crippen LogP contribution in [0, 0.1) is 5.82 Å². The number of phenolic OH excluding ortho intramolecular Hbond substituents is 1. The van der Waals surface area contributed by atoms with Gasteiger partial charge in [-0.2, -0.15) is 0 Å². The summed E-state index contributed by atoms with van der Waals surface area (Å²) in [5.41, 5.74) is -1.27. The molecular formula is C13H16FNO3. The summed E-state index contributed by atoms with van der Waals surface area (Å²) < 4.78 is 13.4. The van der Waals surface area contributed by atoms with Crippen LogP contribution in [-0.4, -0.2) is 28.3 Å². The fourth-order valence-corrected chi connectivity index (χ4v) is 2.28. The standard InChI is InChI=1S/C13H16FNO3/c14-9-4-3-5-10(16)11(9)12(17)15-8-13(18)6-1-2-7-13/h3-5,16,18H,1-2,6-8H2,(H,15,17). The van der Waals surface area contributed by atoms with Crippen molar-refractivity contribution in [2.45, 2.75) is 31.3 Å². The van der Waals surface area contributed by atoms with Crippen LogP contribution in [0.25, 0.3) is 0 Å². The highest BCUT2D eigenvalue weighted by Crippen LogP contribution is 2.29. The van der Waals surface area contributed by atoms with Gasteiger partial charge in [-0.05, 0) is 25.0 Å². The second-order valence-electron chi connectivity index (χ2n) is 4.75. The molecule has 0 spiro atoms. The Morgan fingerprint density at radius 1 is 1.39 bits per heavy atom. The molecule has 0 aromatic heterocycles. The van der Waals surface area contributed by atoms with E-state index >= 15 is 0 Å². The maximum atomic E-state index is 13.4. The Balaban J connectivity index is 2.04. The van der Waals surface area contributed by atoms with Crippen LogP contribution in [0.2, 0.25) is 0 Å². The number of rotatable bonds is 3.